The van der Waals surface area contributed by atoms with Crippen LogP contribution in [0.5, 0.6) is 0 Å². The third kappa shape index (κ3) is 5.24. The number of aromatic amines is 1. The normalized spacial score (nSPS) is 12.2. The van der Waals surface area contributed by atoms with Crippen LogP contribution in [0.4, 0.5) is 0 Å². The Morgan fingerprint density at radius 3 is 1.90 bits per heavy atom. The van der Waals surface area contributed by atoms with Crippen molar-refractivity contribution in [1.29, 1.82) is 5.41 Å². The molecule has 0 radical (unpaired) electrons. The number of rotatable bonds is 4. The van der Waals surface area contributed by atoms with E-state index in [-0.39, 0.29) is 5.84 Å². The number of nitrogens with one attached hydrogen (secondary N) is 2. The number of nitrogens with zero attached hydrogens (tertiary/aromatic N) is 4. The van der Waals surface area contributed by atoms with E-state index in [9.17, 15) is 0 Å². The van der Waals surface area contributed by atoms with Crippen LogP contribution in [-0.4, -0.2) is 24.9 Å². The predicted octanol–water partition coefficient (Wildman–Crippen LogP) is 12.7. The summed E-state index contributed by atoms with van der Waals surface area (Å²) < 4.78 is 4.80. The van der Waals surface area contributed by atoms with Gasteiger partial charge in [-0.2, -0.15) is 4.99 Å². The van der Waals surface area contributed by atoms with E-state index in [4.69, 9.17) is 15.4 Å². The van der Waals surface area contributed by atoms with Crippen LogP contribution in [-0.2, 0) is 0 Å². The molecule has 0 aliphatic carbocycles. The van der Waals surface area contributed by atoms with Crippen molar-refractivity contribution in [3.63, 3.8) is 0 Å². The number of hydrogen-bond acceptors (Lipinski definition) is 2. The van der Waals surface area contributed by atoms with E-state index >= 15 is 0 Å². The molecule has 0 unspecified atom stereocenters. The maximum atomic E-state index is 9.12. The fourth-order valence-electron chi connectivity index (χ4n) is 9.04. The minimum Gasteiger partial charge on any atom is -0.323 e. The number of hydrogen-bond donors (Lipinski definition) is 2. The van der Waals surface area contributed by atoms with Crippen molar-refractivity contribution in [2.24, 2.45) is 4.99 Å². The summed E-state index contributed by atoms with van der Waals surface area (Å²) in [5.74, 6) is 0.129. The van der Waals surface area contributed by atoms with E-state index in [0.717, 1.165) is 50.1 Å². The smallest absolute Gasteiger partial charge is 0.229 e. The first-order valence-corrected chi connectivity index (χ1v) is 19.8. The predicted molar refractivity (Wildman–Crippen MR) is 244 cm³/mol. The third-order valence-corrected chi connectivity index (χ3v) is 11.7. The average molecular weight is 755 g/mol. The average Bonchev–Trinajstić information content (AvgIpc) is 3.80. The van der Waals surface area contributed by atoms with Gasteiger partial charge >= 0.3 is 0 Å². The van der Waals surface area contributed by atoms with Crippen molar-refractivity contribution in [3.05, 3.63) is 205 Å². The number of amidine groups is 1. The zero-order valence-corrected chi connectivity index (χ0v) is 31.8. The lowest BCUT2D eigenvalue weighted by molar-refractivity contribution is 1.05. The zero-order chi connectivity index (χ0) is 39.0. The summed E-state index contributed by atoms with van der Waals surface area (Å²) >= 11 is 0. The Morgan fingerprint density at radius 1 is 0.475 bits per heavy atom. The molecule has 0 amide bonds. The first-order chi connectivity index (χ1) is 29.2. The maximum absolute atomic E-state index is 9.12. The summed E-state index contributed by atoms with van der Waals surface area (Å²) in [6.07, 6.45) is 0. The topological polar surface area (TPSA) is 74.8 Å². The molecule has 12 rings (SSSR count). The molecule has 0 saturated carbocycles. The minimum atomic E-state index is 0.129. The molecule has 3 heterocycles. The number of fused-ring (bicyclic) bond motifs is 10. The van der Waals surface area contributed by atoms with Gasteiger partial charge in [0.05, 0.1) is 33.3 Å². The largest absolute Gasteiger partial charge is 0.323 e. The van der Waals surface area contributed by atoms with Crippen LogP contribution in [0.25, 0.3) is 98.7 Å². The van der Waals surface area contributed by atoms with Crippen LogP contribution in [0.15, 0.2) is 199 Å². The van der Waals surface area contributed by atoms with Crippen molar-refractivity contribution >= 4 is 81.9 Å². The van der Waals surface area contributed by atoms with Gasteiger partial charge in [-0.05, 0) is 100 Å². The molecule has 0 aliphatic rings. The molecule has 0 atom stereocenters. The number of para-hydroxylation sites is 3. The monoisotopic (exact) mass is 754 g/mol. The van der Waals surface area contributed by atoms with Gasteiger partial charge in [0.2, 0.25) is 5.62 Å². The fourth-order valence-corrected chi connectivity index (χ4v) is 9.04. The number of benzene rings is 9. The zero-order valence-electron chi connectivity index (χ0n) is 31.8. The Morgan fingerprint density at radius 2 is 1.12 bits per heavy atom. The van der Waals surface area contributed by atoms with Crippen molar-refractivity contribution in [3.8, 4) is 22.6 Å². The Hall–Kier alpha value is -8.09. The molecule has 6 heteroatoms. The fraction of sp³-hybridized carbons (Fsp3) is 0. The Bertz CT molecular complexity index is 3720. The molecule has 0 spiro atoms. The Balaban J connectivity index is 1.06. The minimum absolute atomic E-state index is 0.129. The van der Waals surface area contributed by atoms with E-state index in [1.807, 2.05) is 60.7 Å². The van der Waals surface area contributed by atoms with E-state index in [0.29, 0.717) is 11.2 Å². The van der Waals surface area contributed by atoms with Crippen molar-refractivity contribution in [2.75, 3.05) is 0 Å². The summed E-state index contributed by atoms with van der Waals surface area (Å²) in [6, 6.07) is 68.3. The third-order valence-electron chi connectivity index (χ3n) is 11.7. The molecule has 0 fully saturated rings. The standard InChI is InChI=1S/C53H34N6/c54-52(57-53-55-45-21-11-9-20-43(45)50(56-53)33-13-3-1-4-14-33)34-23-25-40(26-24-34)59-46-22-12-10-19-41(46)42-27-28-47-49(51(42)59)44-31-37-29-35-15-7-8-16-36(35)30-38(37)32-48(44)58(47)39-17-5-2-6-18-39/h1-32H,(H2,54,55,56,57). The van der Waals surface area contributed by atoms with Gasteiger partial charge in [-0.15, -0.1) is 0 Å². The second kappa shape index (κ2) is 13.0. The van der Waals surface area contributed by atoms with Crippen LogP contribution >= 0.6 is 0 Å². The maximum Gasteiger partial charge on any atom is 0.229 e. The highest BCUT2D eigenvalue weighted by atomic mass is 15.0. The molecule has 6 nitrogen and oxygen atoms in total. The second-order valence-corrected chi connectivity index (χ2v) is 15.1. The van der Waals surface area contributed by atoms with Crippen LogP contribution in [0.3, 0.4) is 0 Å². The summed E-state index contributed by atoms with van der Waals surface area (Å²) in [5.41, 5.74) is 10.5. The molecular weight excluding hydrogens is 721 g/mol. The van der Waals surface area contributed by atoms with Crippen molar-refractivity contribution in [1.82, 2.24) is 19.1 Å². The van der Waals surface area contributed by atoms with Gasteiger partial charge in [-0.25, -0.2) is 4.98 Å². The Kier molecular flexibility index (Phi) is 7.28. The van der Waals surface area contributed by atoms with Gasteiger partial charge in [0.15, 0.2) is 5.84 Å². The molecule has 3 aromatic heterocycles. The van der Waals surface area contributed by atoms with Crippen LogP contribution in [0.2, 0.25) is 0 Å². The first-order valence-electron chi connectivity index (χ1n) is 19.8. The SMILES string of the molecule is N=C(N=c1nc(-c2ccccc2)c2ccccc2[nH]1)c1ccc(-n2c3ccccc3c3ccc4c(c5cc6cc7ccccc7cc6cc5n4-c4ccccc4)c32)cc1. The molecule has 2 N–H and O–H groups in total. The quantitative estimate of drug-likeness (QED) is 0.105. The lowest BCUT2D eigenvalue weighted by Crippen LogP contribution is -2.17. The molecule has 12 aromatic rings. The van der Waals surface area contributed by atoms with Crippen molar-refractivity contribution in [2.45, 2.75) is 0 Å². The number of aromatic nitrogens is 4. The molecular formula is C53H34N6. The summed E-state index contributed by atoms with van der Waals surface area (Å²) in [6.45, 7) is 0. The highest BCUT2D eigenvalue weighted by Gasteiger charge is 2.21. The highest BCUT2D eigenvalue weighted by molar-refractivity contribution is 6.27. The summed E-state index contributed by atoms with van der Waals surface area (Å²) in [7, 11) is 0. The molecule has 276 valence electrons. The Labute approximate surface area is 338 Å². The number of H-pyrrole nitrogens is 1. The van der Waals surface area contributed by atoms with Crippen LogP contribution < -0.4 is 5.62 Å². The van der Waals surface area contributed by atoms with E-state index in [2.05, 4.69) is 148 Å². The van der Waals surface area contributed by atoms with Gasteiger partial charge < -0.3 is 14.1 Å². The summed E-state index contributed by atoms with van der Waals surface area (Å²) in [4.78, 5) is 13.0. The van der Waals surface area contributed by atoms with Crippen LogP contribution in [0, 0.1) is 5.41 Å². The van der Waals surface area contributed by atoms with Gasteiger partial charge in [0.1, 0.15) is 0 Å². The van der Waals surface area contributed by atoms with Crippen LogP contribution in [0.1, 0.15) is 5.56 Å². The second-order valence-electron chi connectivity index (χ2n) is 15.1. The lowest BCUT2D eigenvalue weighted by Gasteiger charge is -2.11. The van der Waals surface area contributed by atoms with Gasteiger partial charge in [0, 0.05) is 49.4 Å². The van der Waals surface area contributed by atoms with Gasteiger partial charge in [-0.1, -0.05) is 115 Å². The van der Waals surface area contributed by atoms with Crippen molar-refractivity contribution < 1.29 is 0 Å². The van der Waals surface area contributed by atoms with E-state index < -0.39 is 0 Å². The van der Waals surface area contributed by atoms with Gasteiger partial charge in [0.25, 0.3) is 0 Å². The van der Waals surface area contributed by atoms with E-state index in [1.165, 1.54) is 48.6 Å². The highest BCUT2D eigenvalue weighted by Crippen LogP contribution is 2.43. The lowest BCUT2D eigenvalue weighted by atomic mass is 10.0. The molecule has 0 saturated heterocycles. The molecule has 59 heavy (non-hydrogen) atoms. The first kappa shape index (κ1) is 33.1. The molecule has 9 aromatic carbocycles. The summed E-state index contributed by atoms with van der Waals surface area (Å²) in [5, 5.41) is 19.8. The molecule has 0 bridgehead atoms. The molecule has 0 aliphatic heterocycles. The van der Waals surface area contributed by atoms with E-state index in [1.54, 1.807) is 0 Å². The van der Waals surface area contributed by atoms with Gasteiger partial charge in [-0.3, -0.25) is 5.41 Å².